The summed E-state index contributed by atoms with van der Waals surface area (Å²) in [5.74, 6) is -2.71. The minimum absolute atomic E-state index is 0.220. The minimum Gasteiger partial charge on any atom is -0.468 e. The van der Waals surface area contributed by atoms with Gasteiger partial charge in [-0.05, 0) is 35.9 Å². The van der Waals surface area contributed by atoms with Crippen LogP contribution in [-0.2, 0) is 27.5 Å². The maximum atomic E-state index is 14.0. The summed E-state index contributed by atoms with van der Waals surface area (Å²) in [5.41, 5.74) is -1.88. The van der Waals surface area contributed by atoms with E-state index in [1.807, 2.05) is 4.72 Å². The van der Waals surface area contributed by atoms with Gasteiger partial charge >= 0.3 is 12.4 Å². The summed E-state index contributed by atoms with van der Waals surface area (Å²) in [6.07, 6.45) is -7.24. The highest BCUT2D eigenvalue weighted by molar-refractivity contribution is 7.92. The predicted molar refractivity (Wildman–Crippen MR) is 107 cm³/mol. The first-order valence-electron chi connectivity index (χ1n) is 9.03. The monoisotopic (exact) mass is 515 g/mol. The average molecular weight is 515 g/mol. The Labute approximate surface area is 188 Å². The van der Waals surface area contributed by atoms with Crippen LogP contribution in [0.1, 0.15) is 16.8 Å². The summed E-state index contributed by atoms with van der Waals surface area (Å²) >= 11 is 0. The highest BCUT2D eigenvalue weighted by Crippen LogP contribution is 2.31. The molecule has 0 unspecified atom stereocenters. The molecule has 2 rings (SSSR count). The Hall–Kier alpha value is -3.36. The maximum absolute atomic E-state index is 14.0. The second-order valence-electron chi connectivity index (χ2n) is 6.73. The van der Waals surface area contributed by atoms with Crippen molar-refractivity contribution in [2.75, 3.05) is 17.6 Å². The van der Waals surface area contributed by atoms with E-state index >= 15 is 0 Å². The smallest absolute Gasteiger partial charge is 0.433 e. The molecule has 2 aromatic rings. The number of carbonyl (C=O) groups excluding carboxylic acids is 1. The standard InChI is InChI=1S/C19H16F7N3O4S/c1-34(31,32)29-14-5-2-11(8-13(14)20)9-27-16(30)7-4-12-3-6-15(19(24,25)26)28-17(12)33-10-18(21,22)23/h2-8,29H,9-10H2,1H3,(H,27,30)/b7-4-. The Morgan fingerprint density at radius 1 is 1.12 bits per heavy atom. The van der Waals surface area contributed by atoms with Crippen molar-refractivity contribution < 1.29 is 48.7 Å². The van der Waals surface area contributed by atoms with Crippen LogP contribution in [0.4, 0.5) is 36.4 Å². The van der Waals surface area contributed by atoms with Crippen LogP contribution in [0.15, 0.2) is 36.4 Å². The third kappa shape index (κ3) is 8.88. The summed E-state index contributed by atoms with van der Waals surface area (Å²) in [7, 11) is -3.71. The molecule has 7 nitrogen and oxygen atoms in total. The Bertz CT molecular complexity index is 1180. The van der Waals surface area contributed by atoms with Crippen molar-refractivity contribution in [2.24, 2.45) is 0 Å². The largest absolute Gasteiger partial charge is 0.468 e. The number of rotatable bonds is 8. The number of pyridine rings is 1. The number of halogens is 7. The van der Waals surface area contributed by atoms with E-state index in [-0.39, 0.29) is 23.4 Å². The molecule has 15 heteroatoms. The van der Waals surface area contributed by atoms with Crippen LogP contribution in [0.5, 0.6) is 5.88 Å². The van der Waals surface area contributed by atoms with Crippen LogP contribution < -0.4 is 14.8 Å². The van der Waals surface area contributed by atoms with E-state index in [1.54, 1.807) is 0 Å². The van der Waals surface area contributed by atoms with Crippen molar-refractivity contribution in [3.05, 3.63) is 59.0 Å². The molecule has 1 aromatic carbocycles. The van der Waals surface area contributed by atoms with Gasteiger partial charge in [-0.25, -0.2) is 17.8 Å². The van der Waals surface area contributed by atoms with Gasteiger partial charge in [0.15, 0.2) is 6.61 Å². The molecule has 0 saturated heterocycles. The molecular weight excluding hydrogens is 499 g/mol. The zero-order chi connectivity index (χ0) is 25.7. The lowest BCUT2D eigenvalue weighted by Crippen LogP contribution is -2.21. The van der Waals surface area contributed by atoms with Gasteiger partial charge in [-0.2, -0.15) is 26.3 Å². The fraction of sp³-hybridized carbons (Fsp3) is 0.263. The molecule has 0 bridgehead atoms. The van der Waals surface area contributed by atoms with E-state index in [2.05, 4.69) is 15.0 Å². The first kappa shape index (κ1) is 26.9. The van der Waals surface area contributed by atoms with Crippen LogP contribution >= 0.6 is 0 Å². The number of sulfonamides is 1. The molecule has 2 N–H and O–H groups in total. The summed E-state index contributed by atoms with van der Waals surface area (Å²) in [4.78, 5) is 15.0. The minimum atomic E-state index is -4.93. The maximum Gasteiger partial charge on any atom is 0.433 e. The van der Waals surface area contributed by atoms with E-state index in [0.29, 0.717) is 6.07 Å². The molecule has 0 aliphatic rings. The molecule has 186 valence electrons. The molecule has 1 amide bonds. The topological polar surface area (TPSA) is 97.4 Å². The predicted octanol–water partition coefficient (Wildman–Crippen LogP) is 3.88. The summed E-state index contributed by atoms with van der Waals surface area (Å²) in [5, 5.41) is 2.32. The van der Waals surface area contributed by atoms with Crippen molar-refractivity contribution in [3.63, 3.8) is 0 Å². The lowest BCUT2D eigenvalue weighted by atomic mass is 10.2. The summed E-state index contributed by atoms with van der Waals surface area (Å²) in [6, 6.07) is 4.71. The van der Waals surface area contributed by atoms with Crippen molar-refractivity contribution in [1.82, 2.24) is 10.3 Å². The number of anilines is 1. The molecule has 0 aliphatic heterocycles. The fourth-order valence-corrected chi connectivity index (χ4v) is 2.93. The Balaban J connectivity index is 2.10. The highest BCUT2D eigenvalue weighted by Gasteiger charge is 2.34. The average Bonchev–Trinajstić information content (AvgIpc) is 2.69. The number of ether oxygens (including phenoxy) is 1. The number of hydrogen-bond acceptors (Lipinski definition) is 5. The van der Waals surface area contributed by atoms with Crippen molar-refractivity contribution >= 4 is 27.7 Å². The van der Waals surface area contributed by atoms with Crippen LogP contribution in [0, 0.1) is 5.82 Å². The SMILES string of the molecule is CS(=O)(=O)Nc1ccc(CNC(=O)/C=C\c2ccc(C(F)(F)F)nc2OCC(F)(F)F)cc1F. The number of nitrogens with one attached hydrogen (secondary N) is 2. The van der Waals surface area contributed by atoms with Crippen LogP contribution in [0.3, 0.4) is 0 Å². The molecule has 0 aliphatic carbocycles. The molecule has 0 fully saturated rings. The molecule has 0 radical (unpaired) electrons. The van der Waals surface area contributed by atoms with E-state index in [9.17, 15) is 43.9 Å². The third-order valence-electron chi connectivity index (χ3n) is 3.76. The fourth-order valence-electron chi connectivity index (χ4n) is 2.37. The summed E-state index contributed by atoms with van der Waals surface area (Å²) < 4.78 is 118. The van der Waals surface area contributed by atoms with Gasteiger partial charge in [0.25, 0.3) is 0 Å². The van der Waals surface area contributed by atoms with Crippen molar-refractivity contribution in [3.8, 4) is 5.88 Å². The van der Waals surface area contributed by atoms with Gasteiger partial charge in [-0.1, -0.05) is 6.07 Å². The third-order valence-corrected chi connectivity index (χ3v) is 4.35. The quantitative estimate of drug-likeness (QED) is 0.411. The molecule has 0 saturated carbocycles. The van der Waals surface area contributed by atoms with Gasteiger partial charge in [0.1, 0.15) is 11.5 Å². The van der Waals surface area contributed by atoms with Gasteiger partial charge in [-0.15, -0.1) is 0 Å². The van der Waals surface area contributed by atoms with Gasteiger partial charge in [0.05, 0.1) is 11.9 Å². The number of alkyl halides is 6. The first-order chi connectivity index (χ1) is 15.5. The van der Waals surface area contributed by atoms with E-state index in [1.165, 1.54) is 6.07 Å². The number of amides is 1. The number of carbonyl (C=O) groups is 1. The second-order valence-corrected chi connectivity index (χ2v) is 8.48. The lowest BCUT2D eigenvalue weighted by Gasteiger charge is -2.13. The van der Waals surface area contributed by atoms with Crippen LogP contribution in [0.25, 0.3) is 6.08 Å². The van der Waals surface area contributed by atoms with Gasteiger partial charge in [-0.3, -0.25) is 9.52 Å². The number of hydrogen-bond donors (Lipinski definition) is 2. The van der Waals surface area contributed by atoms with Crippen LogP contribution in [0.2, 0.25) is 0 Å². The molecular formula is C19H16F7N3O4S. The van der Waals surface area contributed by atoms with Crippen LogP contribution in [-0.4, -0.2) is 38.3 Å². The Kier molecular flexibility index (Phi) is 8.13. The molecule has 1 aromatic heterocycles. The van der Waals surface area contributed by atoms with Gasteiger partial charge in [0, 0.05) is 18.2 Å². The number of aromatic nitrogens is 1. The molecule has 0 atom stereocenters. The zero-order valence-electron chi connectivity index (χ0n) is 17.1. The normalized spacial score (nSPS) is 12.6. The molecule has 0 spiro atoms. The lowest BCUT2D eigenvalue weighted by molar-refractivity contribution is -0.154. The molecule has 34 heavy (non-hydrogen) atoms. The number of nitrogens with zero attached hydrogens (tertiary/aromatic N) is 1. The van der Waals surface area contributed by atoms with E-state index in [4.69, 9.17) is 0 Å². The number of benzene rings is 1. The van der Waals surface area contributed by atoms with Gasteiger partial charge < -0.3 is 10.1 Å². The second kappa shape index (κ2) is 10.3. The van der Waals surface area contributed by atoms with Crippen molar-refractivity contribution in [2.45, 2.75) is 18.9 Å². The Morgan fingerprint density at radius 2 is 1.79 bits per heavy atom. The van der Waals surface area contributed by atoms with Crippen molar-refractivity contribution in [1.29, 1.82) is 0 Å². The zero-order valence-corrected chi connectivity index (χ0v) is 17.9. The van der Waals surface area contributed by atoms with E-state index in [0.717, 1.165) is 36.6 Å². The first-order valence-corrected chi connectivity index (χ1v) is 10.9. The Morgan fingerprint density at radius 3 is 2.35 bits per heavy atom. The molecule has 1 heterocycles. The van der Waals surface area contributed by atoms with E-state index < -0.39 is 52.3 Å². The summed E-state index contributed by atoms with van der Waals surface area (Å²) in [6.45, 7) is -2.12. The van der Waals surface area contributed by atoms with Gasteiger partial charge in [0.2, 0.25) is 21.8 Å². The highest BCUT2D eigenvalue weighted by atomic mass is 32.2.